The van der Waals surface area contributed by atoms with Crippen molar-refractivity contribution < 1.29 is 21.6 Å². The van der Waals surface area contributed by atoms with Gasteiger partial charge in [0.1, 0.15) is 6.54 Å². The van der Waals surface area contributed by atoms with E-state index in [1.807, 2.05) is 0 Å². The summed E-state index contributed by atoms with van der Waals surface area (Å²) in [6, 6.07) is 2.90. The van der Waals surface area contributed by atoms with E-state index in [9.17, 15) is 21.6 Å². The third-order valence-electron chi connectivity index (χ3n) is 2.10. The number of anilines is 1. The van der Waals surface area contributed by atoms with Gasteiger partial charge in [-0.25, -0.2) is 13.4 Å². The standard InChI is InChI=1S/C9H12F3N3O2S/c1-13-7-4-3-5-14-8(7)18(16,17)15(2)6-9(10,11)12/h3-5,13H,6H2,1-2H3. The molecule has 18 heavy (non-hydrogen) atoms. The molecule has 9 heteroatoms. The minimum Gasteiger partial charge on any atom is -0.386 e. The molecular formula is C9H12F3N3O2S. The van der Waals surface area contributed by atoms with Crippen molar-refractivity contribution in [2.45, 2.75) is 11.2 Å². The Labute approximate surface area is 103 Å². The van der Waals surface area contributed by atoms with Crippen molar-refractivity contribution in [2.75, 3.05) is 26.0 Å². The van der Waals surface area contributed by atoms with Gasteiger partial charge in [-0.15, -0.1) is 0 Å². The van der Waals surface area contributed by atoms with Gasteiger partial charge in [-0.3, -0.25) is 0 Å². The van der Waals surface area contributed by atoms with E-state index in [0.717, 1.165) is 7.05 Å². The number of hydrogen-bond donors (Lipinski definition) is 1. The first kappa shape index (κ1) is 14.7. The molecule has 0 amide bonds. The van der Waals surface area contributed by atoms with Crippen LogP contribution in [0.2, 0.25) is 0 Å². The number of halogens is 3. The van der Waals surface area contributed by atoms with Crippen molar-refractivity contribution in [2.24, 2.45) is 0 Å². The summed E-state index contributed by atoms with van der Waals surface area (Å²) < 4.78 is 60.6. The van der Waals surface area contributed by atoms with Crippen LogP contribution in [-0.2, 0) is 10.0 Å². The number of rotatable bonds is 4. The molecule has 1 aromatic rings. The van der Waals surface area contributed by atoms with Crippen molar-refractivity contribution in [3.8, 4) is 0 Å². The lowest BCUT2D eigenvalue weighted by Gasteiger charge is -2.19. The maximum Gasteiger partial charge on any atom is 0.402 e. The number of nitrogens with one attached hydrogen (secondary N) is 1. The van der Waals surface area contributed by atoms with Gasteiger partial charge in [-0.2, -0.15) is 17.5 Å². The van der Waals surface area contributed by atoms with E-state index in [4.69, 9.17) is 0 Å². The quantitative estimate of drug-likeness (QED) is 0.905. The fourth-order valence-electron chi connectivity index (χ4n) is 1.27. The molecule has 0 atom stereocenters. The summed E-state index contributed by atoms with van der Waals surface area (Å²) in [5.74, 6) is 0. The Morgan fingerprint density at radius 2 is 2.06 bits per heavy atom. The SMILES string of the molecule is CNc1cccnc1S(=O)(=O)N(C)CC(F)(F)F. The summed E-state index contributed by atoms with van der Waals surface area (Å²) in [4.78, 5) is 3.61. The molecule has 0 aromatic carbocycles. The van der Waals surface area contributed by atoms with E-state index < -0.39 is 27.8 Å². The van der Waals surface area contributed by atoms with Crippen LogP contribution in [0, 0.1) is 0 Å². The second kappa shape index (κ2) is 5.11. The number of nitrogens with zero attached hydrogens (tertiary/aromatic N) is 2. The largest absolute Gasteiger partial charge is 0.402 e. The Morgan fingerprint density at radius 1 is 1.44 bits per heavy atom. The Morgan fingerprint density at radius 3 is 2.56 bits per heavy atom. The Balaban J connectivity index is 3.14. The molecule has 0 saturated heterocycles. The van der Waals surface area contributed by atoms with Gasteiger partial charge in [0, 0.05) is 20.3 Å². The van der Waals surface area contributed by atoms with Crippen molar-refractivity contribution in [1.29, 1.82) is 0 Å². The van der Waals surface area contributed by atoms with Crippen molar-refractivity contribution in [1.82, 2.24) is 9.29 Å². The summed E-state index contributed by atoms with van der Waals surface area (Å²) in [5.41, 5.74) is 0.145. The number of pyridine rings is 1. The molecule has 0 fully saturated rings. The molecule has 0 radical (unpaired) electrons. The van der Waals surface area contributed by atoms with E-state index in [2.05, 4.69) is 10.3 Å². The van der Waals surface area contributed by atoms with Gasteiger partial charge in [-0.05, 0) is 12.1 Å². The molecule has 0 aliphatic carbocycles. The lowest BCUT2D eigenvalue weighted by atomic mass is 10.4. The Hall–Kier alpha value is -1.35. The van der Waals surface area contributed by atoms with Crippen LogP contribution in [0.15, 0.2) is 23.4 Å². The highest BCUT2D eigenvalue weighted by Crippen LogP contribution is 2.24. The minimum absolute atomic E-state index is 0.145. The molecule has 1 N–H and O–H groups in total. The number of aromatic nitrogens is 1. The number of sulfonamides is 1. The molecule has 0 aliphatic rings. The zero-order chi connectivity index (χ0) is 14.0. The van der Waals surface area contributed by atoms with Gasteiger partial charge in [-0.1, -0.05) is 0 Å². The zero-order valence-electron chi connectivity index (χ0n) is 9.69. The molecule has 0 aliphatic heterocycles. The van der Waals surface area contributed by atoms with E-state index in [1.165, 1.54) is 25.4 Å². The lowest BCUT2D eigenvalue weighted by molar-refractivity contribution is -0.134. The summed E-state index contributed by atoms with van der Waals surface area (Å²) in [7, 11) is -1.96. The molecular weight excluding hydrogens is 271 g/mol. The van der Waals surface area contributed by atoms with Crippen LogP contribution in [0.4, 0.5) is 18.9 Å². The third-order valence-corrected chi connectivity index (χ3v) is 3.86. The highest BCUT2D eigenvalue weighted by Gasteiger charge is 2.36. The first-order valence-electron chi connectivity index (χ1n) is 4.84. The van der Waals surface area contributed by atoms with Gasteiger partial charge >= 0.3 is 6.18 Å². The van der Waals surface area contributed by atoms with Crippen LogP contribution in [0.3, 0.4) is 0 Å². The van der Waals surface area contributed by atoms with Gasteiger partial charge in [0.05, 0.1) is 5.69 Å². The summed E-state index contributed by atoms with van der Waals surface area (Å²) in [6.07, 6.45) is -3.40. The Kier molecular flexibility index (Phi) is 4.17. The molecule has 102 valence electrons. The van der Waals surface area contributed by atoms with Crippen LogP contribution in [0.5, 0.6) is 0 Å². The highest BCUT2D eigenvalue weighted by atomic mass is 32.2. The maximum atomic E-state index is 12.2. The van der Waals surface area contributed by atoms with Gasteiger partial charge in [0.25, 0.3) is 10.0 Å². The third kappa shape index (κ3) is 3.33. The van der Waals surface area contributed by atoms with Gasteiger partial charge < -0.3 is 5.32 Å². The van der Waals surface area contributed by atoms with Crippen LogP contribution in [-0.4, -0.2) is 44.5 Å². The molecule has 5 nitrogen and oxygen atoms in total. The lowest BCUT2D eigenvalue weighted by Crippen LogP contribution is -2.36. The van der Waals surface area contributed by atoms with Crippen molar-refractivity contribution >= 4 is 15.7 Å². The van der Waals surface area contributed by atoms with Crippen LogP contribution < -0.4 is 5.32 Å². The molecule has 1 rings (SSSR count). The summed E-state index contributed by atoms with van der Waals surface area (Å²) in [5, 5.41) is 2.14. The van der Waals surface area contributed by atoms with E-state index in [-0.39, 0.29) is 9.99 Å². The topological polar surface area (TPSA) is 62.3 Å². The number of alkyl halides is 3. The number of hydrogen-bond acceptors (Lipinski definition) is 4. The zero-order valence-corrected chi connectivity index (χ0v) is 10.5. The molecule has 0 bridgehead atoms. The van der Waals surface area contributed by atoms with Crippen LogP contribution in [0.25, 0.3) is 0 Å². The van der Waals surface area contributed by atoms with Gasteiger partial charge in [0.15, 0.2) is 5.03 Å². The van der Waals surface area contributed by atoms with Crippen LogP contribution in [0.1, 0.15) is 0 Å². The molecule has 1 heterocycles. The molecule has 0 spiro atoms. The van der Waals surface area contributed by atoms with Crippen LogP contribution >= 0.6 is 0 Å². The predicted molar refractivity (Wildman–Crippen MR) is 59.7 cm³/mol. The first-order chi connectivity index (χ1) is 8.18. The van der Waals surface area contributed by atoms with Crippen molar-refractivity contribution in [3.63, 3.8) is 0 Å². The average molecular weight is 283 g/mol. The van der Waals surface area contributed by atoms with Crippen molar-refractivity contribution in [3.05, 3.63) is 18.3 Å². The van der Waals surface area contributed by atoms with E-state index in [1.54, 1.807) is 0 Å². The minimum atomic E-state index is -4.60. The second-order valence-corrected chi connectivity index (χ2v) is 5.44. The fourth-order valence-corrected chi connectivity index (χ4v) is 2.53. The average Bonchev–Trinajstić information content (AvgIpc) is 2.26. The molecule has 1 aromatic heterocycles. The first-order valence-corrected chi connectivity index (χ1v) is 6.28. The maximum absolute atomic E-state index is 12.2. The van der Waals surface area contributed by atoms with Gasteiger partial charge in [0.2, 0.25) is 0 Å². The fraction of sp³-hybridized carbons (Fsp3) is 0.444. The molecule has 0 unspecified atom stereocenters. The highest BCUT2D eigenvalue weighted by molar-refractivity contribution is 7.89. The second-order valence-electron chi connectivity index (χ2n) is 3.48. The molecule has 0 saturated carbocycles. The monoisotopic (exact) mass is 283 g/mol. The Bertz CT molecular complexity index is 516. The smallest absolute Gasteiger partial charge is 0.386 e. The predicted octanol–water partition coefficient (Wildman–Crippen LogP) is 1.31. The summed E-state index contributed by atoms with van der Waals surface area (Å²) in [6.45, 7) is -1.56. The normalized spacial score (nSPS) is 12.8. The van der Waals surface area contributed by atoms with E-state index in [0.29, 0.717) is 0 Å². The summed E-state index contributed by atoms with van der Waals surface area (Å²) >= 11 is 0. The van der Waals surface area contributed by atoms with E-state index >= 15 is 0 Å².